The van der Waals surface area contributed by atoms with Gasteiger partial charge in [-0.15, -0.1) is 0 Å². The van der Waals surface area contributed by atoms with Crippen LogP contribution < -0.4 is 0 Å². The van der Waals surface area contributed by atoms with Crippen LogP contribution in [0, 0.1) is 0 Å². The third-order valence-corrected chi connectivity index (χ3v) is 1.000. The fourth-order valence-electron chi connectivity index (χ4n) is 0. The molecule has 0 heterocycles. The predicted molar refractivity (Wildman–Crippen MR) is 53.7 cm³/mol. The van der Waals surface area contributed by atoms with Crippen molar-refractivity contribution in [2.45, 2.75) is 53.4 Å². The Balaban J connectivity index is -0.00000000800. The van der Waals surface area contributed by atoms with E-state index in [2.05, 4.69) is 27.7 Å². The number of hydrogen-bond acceptors (Lipinski definition) is 0. The summed E-state index contributed by atoms with van der Waals surface area (Å²) < 4.78 is 0. The van der Waals surface area contributed by atoms with Crippen molar-refractivity contribution in [2.24, 2.45) is 0 Å². The van der Waals surface area contributed by atoms with E-state index in [1.807, 2.05) is 0 Å². The topological polar surface area (TPSA) is 0 Å². The van der Waals surface area contributed by atoms with Crippen LogP contribution in [-0.4, -0.2) is 0 Å². The van der Waals surface area contributed by atoms with Crippen LogP contribution >= 0.6 is 0 Å². The highest BCUT2D eigenvalue weighted by Crippen LogP contribution is 1.77. The molecule has 0 aromatic carbocycles. The van der Waals surface area contributed by atoms with Gasteiger partial charge in [0.05, 0.1) is 0 Å². The van der Waals surface area contributed by atoms with E-state index in [0.29, 0.717) is 0 Å². The molecule has 13 heavy (non-hydrogen) atoms. The molecule has 0 aliphatic carbocycles. The standard InChI is InChI=1S/2C4H10.5FH/c2*1-3-4-2;;;;;/h2*3-4H2,1-2H3;5*1H. The third kappa shape index (κ3) is 398. The SMILES string of the molecule is CCCC.CCCC.F.F.F.F.F. The van der Waals surface area contributed by atoms with E-state index in [-0.39, 0.29) is 23.5 Å². The van der Waals surface area contributed by atoms with Crippen molar-refractivity contribution in [3.63, 3.8) is 0 Å². The van der Waals surface area contributed by atoms with Crippen molar-refractivity contribution >= 4 is 0 Å². The van der Waals surface area contributed by atoms with E-state index in [1.165, 1.54) is 25.7 Å². The van der Waals surface area contributed by atoms with Gasteiger partial charge in [0.2, 0.25) is 0 Å². The van der Waals surface area contributed by atoms with E-state index < -0.39 is 0 Å². The van der Waals surface area contributed by atoms with E-state index in [1.54, 1.807) is 0 Å². The number of hydrogen-bond donors (Lipinski definition) is 0. The Kier molecular flexibility index (Phi) is 410. The van der Waals surface area contributed by atoms with Gasteiger partial charge in [-0.1, -0.05) is 53.4 Å². The van der Waals surface area contributed by atoms with Crippen molar-refractivity contribution in [3.8, 4) is 0 Å². The van der Waals surface area contributed by atoms with Gasteiger partial charge in [-0.3, -0.25) is 23.5 Å². The fourth-order valence-corrected chi connectivity index (χ4v) is 0. The van der Waals surface area contributed by atoms with Gasteiger partial charge >= 0.3 is 0 Å². The molecule has 0 rings (SSSR count). The smallest absolute Gasteiger partial charge is 0.0564 e. The lowest BCUT2D eigenvalue weighted by atomic mass is 10.4. The zero-order valence-electron chi connectivity index (χ0n) is 8.87. The largest absolute Gasteiger partial charge is 0.269 e. The Hall–Kier alpha value is -0.350. The molecular weight excluding hydrogens is 191 g/mol. The molecule has 0 aromatic heterocycles. The molecule has 0 nitrogen and oxygen atoms in total. The normalized spacial score (nSPS) is 4.62. The molecule has 0 atom stereocenters. The lowest BCUT2D eigenvalue weighted by molar-refractivity contribution is 0.886. The molecule has 5 heteroatoms. The maximum Gasteiger partial charge on any atom is -0.0564 e. The molecule has 92 valence electrons. The number of halogens is 5. The molecule has 0 saturated carbocycles. The molecule has 0 aliphatic rings. The van der Waals surface area contributed by atoms with Gasteiger partial charge in [0.15, 0.2) is 0 Å². The van der Waals surface area contributed by atoms with E-state index in [9.17, 15) is 0 Å². The van der Waals surface area contributed by atoms with Crippen LogP contribution in [0.25, 0.3) is 0 Å². The van der Waals surface area contributed by atoms with Gasteiger partial charge in [0.25, 0.3) is 0 Å². The minimum atomic E-state index is 0. The minimum absolute atomic E-state index is 0. The summed E-state index contributed by atoms with van der Waals surface area (Å²) in [5, 5.41) is 0. The Morgan fingerprint density at radius 1 is 0.385 bits per heavy atom. The number of rotatable bonds is 2. The number of unbranched alkanes of at least 4 members (excludes halogenated alkanes) is 2. The molecule has 0 unspecified atom stereocenters. The molecule has 0 saturated heterocycles. The average Bonchev–Trinajstić information content (AvgIpc) is 1.88. The quantitative estimate of drug-likeness (QED) is 0.601. The van der Waals surface area contributed by atoms with Gasteiger partial charge in [-0.05, 0) is 0 Å². The van der Waals surface area contributed by atoms with Crippen LogP contribution in [0.3, 0.4) is 0 Å². The Labute approximate surface area is 77.9 Å². The molecule has 0 N–H and O–H groups in total. The highest BCUT2D eigenvalue weighted by Gasteiger charge is 1.56. The van der Waals surface area contributed by atoms with Gasteiger partial charge in [0.1, 0.15) is 0 Å². The summed E-state index contributed by atoms with van der Waals surface area (Å²) in [5.41, 5.74) is 0. The van der Waals surface area contributed by atoms with Crippen molar-refractivity contribution < 1.29 is 23.5 Å². The van der Waals surface area contributed by atoms with Gasteiger partial charge < -0.3 is 0 Å². The first-order valence-corrected chi connectivity index (χ1v) is 3.83. The van der Waals surface area contributed by atoms with E-state index >= 15 is 0 Å². The van der Waals surface area contributed by atoms with Crippen molar-refractivity contribution in [1.82, 2.24) is 0 Å². The molecule has 0 aliphatic heterocycles. The zero-order chi connectivity index (χ0) is 6.83. The first kappa shape index (κ1) is 53.8. The summed E-state index contributed by atoms with van der Waals surface area (Å²) in [6.07, 6.45) is 5.28. The molecule has 0 amide bonds. The second kappa shape index (κ2) is 99.2. The van der Waals surface area contributed by atoms with Crippen molar-refractivity contribution in [1.29, 1.82) is 0 Å². The third-order valence-electron chi connectivity index (χ3n) is 1.000. The fraction of sp³-hybridized carbons (Fsp3) is 1.00. The Morgan fingerprint density at radius 3 is 0.462 bits per heavy atom. The lowest BCUT2D eigenvalue weighted by Gasteiger charge is -1.68. The van der Waals surface area contributed by atoms with E-state index in [4.69, 9.17) is 0 Å². The first-order valence-electron chi connectivity index (χ1n) is 3.83. The summed E-state index contributed by atoms with van der Waals surface area (Å²) in [7, 11) is 0. The van der Waals surface area contributed by atoms with Crippen molar-refractivity contribution in [2.75, 3.05) is 0 Å². The summed E-state index contributed by atoms with van der Waals surface area (Å²) in [4.78, 5) is 0. The molecule has 0 spiro atoms. The summed E-state index contributed by atoms with van der Waals surface area (Å²) in [6, 6.07) is 0. The Bertz CT molecular complexity index is 20.5. The highest BCUT2D eigenvalue weighted by molar-refractivity contribution is 4.13. The van der Waals surface area contributed by atoms with E-state index in [0.717, 1.165) is 0 Å². The second-order valence-corrected chi connectivity index (χ2v) is 2.00. The maximum absolute atomic E-state index is 2.18. The van der Waals surface area contributed by atoms with Gasteiger partial charge in [-0.25, -0.2) is 0 Å². The first-order chi connectivity index (χ1) is 3.83. The maximum atomic E-state index is 2.18. The van der Waals surface area contributed by atoms with Crippen LogP contribution in [0.5, 0.6) is 0 Å². The average molecular weight is 216 g/mol. The molecule has 0 fully saturated rings. The molecular formula is C8H25F5. The zero-order valence-corrected chi connectivity index (χ0v) is 8.87. The highest BCUT2D eigenvalue weighted by atomic mass is 19.0. The minimum Gasteiger partial charge on any atom is -0.269 e. The van der Waals surface area contributed by atoms with Crippen LogP contribution in [0.2, 0.25) is 0 Å². The van der Waals surface area contributed by atoms with Gasteiger partial charge in [-0.2, -0.15) is 0 Å². The van der Waals surface area contributed by atoms with Gasteiger partial charge in [0, 0.05) is 0 Å². The summed E-state index contributed by atoms with van der Waals surface area (Å²) in [6.45, 7) is 8.72. The lowest BCUT2D eigenvalue weighted by Crippen LogP contribution is -1.47. The van der Waals surface area contributed by atoms with Crippen LogP contribution in [0.15, 0.2) is 0 Å². The van der Waals surface area contributed by atoms with Crippen LogP contribution in [0.4, 0.5) is 23.5 Å². The van der Waals surface area contributed by atoms with Crippen LogP contribution in [0.1, 0.15) is 53.4 Å². The summed E-state index contributed by atoms with van der Waals surface area (Å²) in [5.74, 6) is 0. The predicted octanol–water partition coefficient (Wildman–Crippen LogP) is 4.38. The summed E-state index contributed by atoms with van der Waals surface area (Å²) >= 11 is 0. The monoisotopic (exact) mass is 216 g/mol. The Morgan fingerprint density at radius 2 is 0.462 bits per heavy atom. The van der Waals surface area contributed by atoms with Crippen molar-refractivity contribution in [3.05, 3.63) is 0 Å². The molecule has 0 aromatic rings. The molecule has 0 radical (unpaired) electrons. The molecule has 0 bridgehead atoms. The van der Waals surface area contributed by atoms with Crippen LogP contribution in [-0.2, 0) is 0 Å². The second-order valence-electron chi connectivity index (χ2n) is 2.00.